The van der Waals surface area contributed by atoms with Crippen LogP contribution in [0.25, 0.3) is 0 Å². The summed E-state index contributed by atoms with van der Waals surface area (Å²) in [6.45, 7) is 0. The summed E-state index contributed by atoms with van der Waals surface area (Å²) in [6, 6.07) is 0. The van der Waals surface area contributed by atoms with E-state index < -0.39 is 10.8 Å². The van der Waals surface area contributed by atoms with E-state index in [-0.39, 0.29) is 17.9 Å². The SMILES string of the molecule is O=C1C=CC(=O)C(=N[N+](=O)[O-])C1. The molecule has 0 aromatic rings. The van der Waals surface area contributed by atoms with Crippen LogP contribution in [0.3, 0.4) is 0 Å². The third-order valence-electron chi connectivity index (χ3n) is 1.25. The van der Waals surface area contributed by atoms with Gasteiger partial charge in [-0.15, -0.1) is 0 Å². The van der Waals surface area contributed by atoms with Gasteiger partial charge in [0.05, 0.1) is 11.5 Å². The Morgan fingerprint density at radius 2 is 2.08 bits per heavy atom. The minimum absolute atomic E-state index is 0.281. The fraction of sp³-hybridized carbons (Fsp3) is 0.167. The summed E-state index contributed by atoms with van der Waals surface area (Å²) in [7, 11) is 0. The summed E-state index contributed by atoms with van der Waals surface area (Å²) < 4.78 is 0. The Morgan fingerprint density at radius 1 is 1.42 bits per heavy atom. The monoisotopic (exact) mass is 168 g/mol. The Bertz CT molecular complexity index is 316. The second-order valence-corrected chi connectivity index (χ2v) is 2.13. The van der Waals surface area contributed by atoms with Crippen LogP contribution in [0, 0.1) is 10.1 Å². The molecule has 0 amide bonds. The van der Waals surface area contributed by atoms with E-state index in [1.165, 1.54) is 0 Å². The fourth-order valence-electron chi connectivity index (χ4n) is 0.759. The topological polar surface area (TPSA) is 89.6 Å². The van der Waals surface area contributed by atoms with Crippen LogP contribution in [0.15, 0.2) is 17.3 Å². The van der Waals surface area contributed by atoms with Crippen LogP contribution in [0.1, 0.15) is 6.42 Å². The zero-order chi connectivity index (χ0) is 9.14. The van der Waals surface area contributed by atoms with Crippen molar-refractivity contribution in [2.45, 2.75) is 6.42 Å². The van der Waals surface area contributed by atoms with Gasteiger partial charge in [-0.1, -0.05) is 0 Å². The first kappa shape index (κ1) is 8.25. The Labute approximate surface area is 66.7 Å². The number of rotatable bonds is 1. The van der Waals surface area contributed by atoms with Gasteiger partial charge in [-0.3, -0.25) is 9.59 Å². The minimum Gasteiger partial charge on any atom is -0.294 e. The summed E-state index contributed by atoms with van der Waals surface area (Å²) in [5.74, 6) is -0.929. The summed E-state index contributed by atoms with van der Waals surface area (Å²) in [5, 5.41) is 11.6. The number of nitro groups is 1. The summed E-state index contributed by atoms with van der Waals surface area (Å²) in [5.41, 5.74) is -0.312. The van der Waals surface area contributed by atoms with Crippen molar-refractivity contribution in [2.75, 3.05) is 0 Å². The van der Waals surface area contributed by atoms with E-state index in [2.05, 4.69) is 5.10 Å². The molecule has 0 bridgehead atoms. The van der Waals surface area contributed by atoms with Crippen LogP contribution < -0.4 is 0 Å². The first-order valence-corrected chi connectivity index (χ1v) is 3.06. The molecule has 0 aromatic heterocycles. The van der Waals surface area contributed by atoms with Gasteiger partial charge in [0.15, 0.2) is 16.5 Å². The van der Waals surface area contributed by atoms with Crippen LogP contribution in [0.4, 0.5) is 0 Å². The van der Waals surface area contributed by atoms with Gasteiger partial charge < -0.3 is 0 Å². The standard InChI is InChI=1S/C6H4N2O4/c9-4-1-2-6(10)5(3-4)7-8(11)12/h1-2H,3H2. The predicted octanol–water partition coefficient (Wildman–Crippen LogP) is -0.283. The van der Waals surface area contributed by atoms with Crippen LogP contribution in [-0.4, -0.2) is 22.3 Å². The molecule has 1 rings (SSSR count). The van der Waals surface area contributed by atoms with Crippen LogP contribution >= 0.6 is 0 Å². The molecule has 0 fully saturated rings. The molecule has 6 nitrogen and oxygen atoms in total. The highest BCUT2D eigenvalue weighted by atomic mass is 16.7. The number of carbonyl (C=O) groups is 2. The fourth-order valence-corrected chi connectivity index (χ4v) is 0.759. The molecule has 62 valence electrons. The largest absolute Gasteiger partial charge is 0.294 e. The van der Waals surface area contributed by atoms with E-state index in [0.29, 0.717) is 0 Å². The van der Waals surface area contributed by atoms with Crippen LogP contribution in [0.2, 0.25) is 0 Å². The molecule has 0 saturated heterocycles. The van der Waals surface area contributed by atoms with Gasteiger partial charge in [-0.25, -0.2) is 10.1 Å². The van der Waals surface area contributed by atoms with Gasteiger partial charge in [0.1, 0.15) is 0 Å². The predicted molar refractivity (Wildman–Crippen MR) is 38.2 cm³/mol. The van der Waals surface area contributed by atoms with Gasteiger partial charge in [0.2, 0.25) is 5.78 Å². The molecule has 0 unspecified atom stereocenters. The maximum atomic E-state index is 10.8. The maximum Gasteiger partial charge on any atom is 0.206 e. The quantitative estimate of drug-likeness (QED) is 0.397. The zero-order valence-corrected chi connectivity index (χ0v) is 5.89. The van der Waals surface area contributed by atoms with Crippen molar-refractivity contribution in [2.24, 2.45) is 5.10 Å². The van der Waals surface area contributed by atoms with Gasteiger partial charge in [-0.05, 0) is 12.2 Å². The molecular formula is C6H4N2O4. The third-order valence-corrected chi connectivity index (χ3v) is 1.25. The molecule has 0 saturated carbocycles. The van der Waals surface area contributed by atoms with Crippen molar-refractivity contribution in [3.8, 4) is 0 Å². The summed E-state index contributed by atoms with van der Waals surface area (Å²) >= 11 is 0. The van der Waals surface area contributed by atoms with Crippen LogP contribution in [-0.2, 0) is 9.59 Å². The molecule has 0 heterocycles. The lowest BCUT2D eigenvalue weighted by molar-refractivity contribution is -0.484. The Morgan fingerprint density at radius 3 is 2.67 bits per heavy atom. The molecule has 1 aliphatic rings. The number of ketones is 2. The normalized spacial score (nSPS) is 20.2. The van der Waals surface area contributed by atoms with Crippen LogP contribution in [0.5, 0.6) is 0 Å². The average molecular weight is 168 g/mol. The Kier molecular flexibility index (Phi) is 2.09. The number of nitrogens with zero attached hydrogens (tertiary/aromatic N) is 2. The molecule has 6 heteroatoms. The molecule has 12 heavy (non-hydrogen) atoms. The van der Waals surface area contributed by atoms with Crippen molar-refractivity contribution in [3.05, 3.63) is 22.3 Å². The van der Waals surface area contributed by atoms with Gasteiger partial charge >= 0.3 is 0 Å². The molecule has 1 aliphatic carbocycles. The smallest absolute Gasteiger partial charge is 0.206 e. The van der Waals surface area contributed by atoms with E-state index in [0.717, 1.165) is 12.2 Å². The number of hydrogen-bond donors (Lipinski definition) is 0. The van der Waals surface area contributed by atoms with E-state index >= 15 is 0 Å². The summed E-state index contributed by atoms with van der Waals surface area (Å²) in [4.78, 5) is 31.3. The zero-order valence-electron chi connectivity index (χ0n) is 5.89. The Balaban J connectivity index is 2.93. The average Bonchev–Trinajstić information content (AvgIpc) is 1.96. The number of carbonyl (C=O) groups excluding carboxylic acids is 2. The van der Waals surface area contributed by atoms with Gasteiger partial charge in [-0.2, -0.15) is 0 Å². The molecule has 0 aromatic carbocycles. The highest BCUT2D eigenvalue weighted by molar-refractivity contribution is 6.49. The number of allylic oxidation sites excluding steroid dienone is 2. The van der Waals surface area contributed by atoms with Crippen molar-refractivity contribution >= 4 is 17.3 Å². The molecule has 0 N–H and O–H groups in total. The van der Waals surface area contributed by atoms with Gasteiger partial charge in [0.25, 0.3) is 0 Å². The van der Waals surface area contributed by atoms with Crippen molar-refractivity contribution < 1.29 is 14.6 Å². The third kappa shape index (κ3) is 1.82. The first-order valence-electron chi connectivity index (χ1n) is 3.06. The molecule has 0 spiro atoms. The molecule has 0 atom stereocenters. The second-order valence-electron chi connectivity index (χ2n) is 2.13. The lowest BCUT2D eigenvalue weighted by Crippen LogP contribution is -2.21. The molecular weight excluding hydrogens is 164 g/mol. The molecule has 0 radical (unpaired) electrons. The van der Waals surface area contributed by atoms with Gasteiger partial charge in [0, 0.05) is 0 Å². The van der Waals surface area contributed by atoms with Crippen molar-refractivity contribution in [1.29, 1.82) is 0 Å². The summed E-state index contributed by atoms with van der Waals surface area (Å²) in [6.07, 6.45) is 1.78. The highest BCUT2D eigenvalue weighted by Crippen LogP contribution is 2.01. The van der Waals surface area contributed by atoms with Crippen molar-refractivity contribution in [3.63, 3.8) is 0 Å². The minimum atomic E-state index is -0.986. The van der Waals surface area contributed by atoms with E-state index in [9.17, 15) is 19.7 Å². The first-order chi connectivity index (χ1) is 5.59. The van der Waals surface area contributed by atoms with Crippen molar-refractivity contribution in [1.82, 2.24) is 0 Å². The van der Waals surface area contributed by atoms with E-state index in [4.69, 9.17) is 0 Å². The van der Waals surface area contributed by atoms with E-state index in [1.807, 2.05) is 0 Å². The Hall–Kier alpha value is -1.85. The molecule has 0 aliphatic heterocycles. The lowest BCUT2D eigenvalue weighted by atomic mass is 10.0. The lowest BCUT2D eigenvalue weighted by Gasteiger charge is -1.99. The second kappa shape index (κ2) is 3.04. The highest BCUT2D eigenvalue weighted by Gasteiger charge is 2.20. The number of hydrogen-bond acceptors (Lipinski definition) is 4. The maximum absolute atomic E-state index is 10.8. The number of hydrazone groups is 1. The van der Waals surface area contributed by atoms with E-state index in [1.54, 1.807) is 0 Å².